The smallest absolute Gasteiger partial charge is 0.348 e. The van der Waals surface area contributed by atoms with Gasteiger partial charge in [-0.2, -0.15) is 0 Å². The summed E-state index contributed by atoms with van der Waals surface area (Å²) in [6.07, 6.45) is 0. The van der Waals surface area contributed by atoms with Crippen molar-refractivity contribution in [3.8, 4) is 17.1 Å². The van der Waals surface area contributed by atoms with Crippen LogP contribution in [0.15, 0.2) is 68.6 Å². The maximum atomic E-state index is 12.6. The molecule has 1 aromatic carbocycles. The summed E-state index contributed by atoms with van der Waals surface area (Å²) in [6, 6.07) is 13.2. The van der Waals surface area contributed by atoms with Gasteiger partial charge in [0.25, 0.3) is 0 Å². The van der Waals surface area contributed by atoms with Gasteiger partial charge in [0.05, 0.1) is 0 Å². The molecule has 0 atom stereocenters. The van der Waals surface area contributed by atoms with Gasteiger partial charge in [-0.05, 0) is 12.1 Å². The number of rotatable bonds is 2. The lowest BCUT2D eigenvalue weighted by atomic mass is 10.0. The Bertz CT molecular complexity index is 955. The SMILES string of the molecule is O=C(c1cccc(O)c(=O)c1)c1c2cccccc-2oc1=O. The van der Waals surface area contributed by atoms with Crippen LogP contribution in [0.25, 0.3) is 11.3 Å². The zero-order valence-corrected chi connectivity index (χ0v) is 11.3. The molecule has 108 valence electrons. The van der Waals surface area contributed by atoms with E-state index in [9.17, 15) is 19.5 Å². The van der Waals surface area contributed by atoms with Gasteiger partial charge in [-0.25, -0.2) is 4.79 Å². The fourth-order valence-electron chi connectivity index (χ4n) is 2.18. The molecular weight excluding hydrogens is 284 g/mol. The van der Waals surface area contributed by atoms with Crippen LogP contribution in [-0.2, 0) is 0 Å². The molecule has 1 aliphatic heterocycles. The molecule has 0 unspecified atom stereocenters. The Kier molecular flexibility index (Phi) is 3.31. The standard InChI is InChI=1S/C17H10O5/c18-12-7-4-5-10(9-13(12)19)16(20)15-11-6-2-1-3-8-14(11)22-17(15)21/h1-9H,(H,18,19). The first kappa shape index (κ1) is 13.8. The van der Waals surface area contributed by atoms with E-state index in [1.54, 1.807) is 30.3 Å². The first-order valence-corrected chi connectivity index (χ1v) is 6.48. The van der Waals surface area contributed by atoms with E-state index >= 15 is 0 Å². The van der Waals surface area contributed by atoms with Gasteiger partial charge in [0.1, 0.15) is 11.3 Å². The number of carbonyl (C=O) groups excluding carboxylic acids is 1. The van der Waals surface area contributed by atoms with E-state index in [1.807, 2.05) is 0 Å². The highest BCUT2D eigenvalue weighted by Gasteiger charge is 2.24. The monoisotopic (exact) mass is 294 g/mol. The summed E-state index contributed by atoms with van der Waals surface area (Å²) >= 11 is 0. The summed E-state index contributed by atoms with van der Waals surface area (Å²) in [5, 5.41) is 9.37. The van der Waals surface area contributed by atoms with Gasteiger partial charge in [-0.1, -0.05) is 36.4 Å². The van der Waals surface area contributed by atoms with Crippen molar-refractivity contribution < 1.29 is 14.3 Å². The Morgan fingerprint density at radius 1 is 0.955 bits per heavy atom. The second-order valence-electron chi connectivity index (χ2n) is 4.66. The van der Waals surface area contributed by atoms with Gasteiger partial charge in [0.15, 0.2) is 5.75 Å². The van der Waals surface area contributed by atoms with Crippen molar-refractivity contribution in [2.24, 2.45) is 0 Å². The molecule has 5 nitrogen and oxygen atoms in total. The topological polar surface area (TPSA) is 84.6 Å². The van der Waals surface area contributed by atoms with Gasteiger partial charge < -0.3 is 9.52 Å². The predicted octanol–water partition coefficient (Wildman–Crippen LogP) is 2.04. The number of aromatic hydroxyl groups is 1. The zero-order valence-electron chi connectivity index (χ0n) is 11.3. The highest BCUT2D eigenvalue weighted by Crippen LogP contribution is 2.24. The minimum Gasteiger partial charge on any atom is -0.504 e. The summed E-state index contributed by atoms with van der Waals surface area (Å²) in [6.45, 7) is 0. The molecule has 1 aliphatic carbocycles. The molecule has 1 aromatic rings. The summed E-state index contributed by atoms with van der Waals surface area (Å²) < 4.78 is 5.08. The predicted molar refractivity (Wildman–Crippen MR) is 79.4 cm³/mol. The maximum absolute atomic E-state index is 12.6. The molecule has 0 fully saturated rings. The van der Waals surface area contributed by atoms with Crippen LogP contribution in [-0.4, -0.2) is 10.9 Å². The minimum absolute atomic E-state index is 0.0107. The molecule has 5 heteroatoms. The second kappa shape index (κ2) is 5.29. The maximum Gasteiger partial charge on any atom is 0.348 e. The lowest BCUT2D eigenvalue weighted by molar-refractivity contribution is 0.103. The van der Waals surface area contributed by atoms with Crippen molar-refractivity contribution in [2.75, 3.05) is 0 Å². The quantitative estimate of drug-likeness (QED) is 0.731. The van der Waals surface area contributed by atoms with E-state index in [0.717, 1.165) is 6.07 Å². The van der Waals surface area contributed by atoms with E-state index < -0.39 is 22.6 Å². The molecule has 0 spiro atoms. The molecule has 1 heterocycles. The van der Waals surface area contributed by atoms with E-state index in [4.69, 9.17) is 4.42 Å². The molecule has 0 bridgehead atoms. The highest BCUT2D eigenvalue weighted by molar-refractivity contribution is 6.12. The number of fused-ring (bicyclic) bond motifs is 1. The van der Waals surface area contributed by atoms with Crippen LogP contribution in [0.2, 0.25) is 0 Å². The van der Waals surface area contributed by atoms with Crippen molar-refractivity contribution in [1.29, 1.82) is 0 Å². The zero-order chi connectivity index (χ0) is 15.7. The first-order chi connectivity index (χ1) is 10.6. The van der Waals surface area contributed by atoms with Gasteiger partial charge in [0.2, 0.25) is 11.2 Å². The van der Waals surface area contributed by atoms with Crippen molar-refractivity contribution in [3.63, 3.8) is 0 Å². The van der Waals surface area contributed by atoms with E-state index in [2.05, 4.69) is 0 Å². The Labute approximate surface area is 124 Å². The highest BCUT2D eigenvalue weighted by atomic mass is 16.4. The molecular formula is C17H10O5. The normalized spacial score (nSPS) is 10.5. The average Bonchev–Trinajstić information content (AvgIpc) is 2.64. The van der Waals surface area contributed by atoms with E-state index in [-0.39, 0.29) is 11.1 Å². The van der Waals surface area contributed by atoms with Crippen molar-refractivity contribution in [3.05, 3.63) is 86.4 Å². The minimum atomic E-state index is -0.755. The van der Waals surface area contributed by atoms with E-state index in [0.29, 0.717) is 11.3 Å². The number of hydrogen-bond acceptors (Lipinski definition) is 5. The largest absolute Gasteiger partial charge is 0.504 e. The van der Waals surface area contributed by atoms with Crippen LogP contribution in [0.4, 0.5) is 0 Å². The summed E-state index contributed by atoms with van der Waals surface area (Å²) in [5.74, 6) is -0.795. The molecule has 0 amide bonds. The Balaban J connectivity index is 2.22. The number of ketones is 1. The molecule has 0 saturated heterocycles. The number of furan rings is 1. The molecule has 0 radical (unpaired) electrons. The van der Waals surface area contributed by atoms with Gasteiger partial charge in [-0.15, -0.1) is 0 Å². The van der Waals surface area contributed by atoms with Crippen molar-refractivity contribution >= 4 is 5.78 Å². The van der Waals surface area contributed by atoms with Gasteiger partial charge in [-0.3, -0.25) is 9.59 Å². The van der Waals surface area contributed by atoms with Crippen LogP contribution in [0.5, 0.6) is 5.75 Å². The van der Waals surface area contributed by atoms with E-state index in [1.165, 1.54) is 18.2 Å². The molecule has 22 heavy (non-hydrogen) atoms. The van der Waals surface area contributed by atoms with Crippen LogP contribution >= 0.6 is 0 Å². The van der Waals surface area contributed by atoms with Crippen LogP contribution < -0.4 is 11.1 Å². The lowest BCUT2D eigenvalue weighted by Crippen LogP contribution is -2.12. The molecule has 3 rings (SSSR count). The lowest BCUT2D eigenvalue weighted by Gasteiger charge is -1.96. The van der Waals surface area contributed by atoms with Gasteiger partial charge >= 0.3 is 5.63 Å². The Morgan fingerprint density at radius 2 is 1.73 bits per heavy atom. The Morgan fingerprint density at radius 3 is 2.55 bits per heavy atom. The van der Waals surface area contributed by atoms with Crippen molar-refractivity contribution in [1.82, 2.24) is 0 Å². The summed E-state index contributed by atoms with van der Waals surface area (Å²) in [7, 11) is 0. The third kappa shape index (κ3) is 2.29. The molecule has 2 aliphatic rings. The third-order valence-electron chi connectivity index (χ3n) is 3.23. The van der Waals surface area contributed by atoms with Crippen LogP contribution in [0.3, 0.4) is 0 Å². The van der Waals surface area contributed by atoms with Gasteiger partial charge in [0, 0.05) is 17.2 Å². The molecule has 1 N–H and O–H groups in total. The fraction of sp³-hybridized carbons (Fsp3) is 0. The fourth-order valence-corrected chi connectivity index (χ4v) is 2.18. The Hall–Kier alpha value is -3.21. The third-order valence-corrected chi connectivity index (χ3v) is 3.23. The number of hydrogen-bond donors (Lipinski definition) is 1. The van der Waals surface area contributed by atoms with Crippen LogP contribution in [0.1, 0.15) is 15.9 Å². The second-order valence-corrected chi connectivity index (χ2v) is 4.66. The van der Waals surface area contributed by atoms with Crippen LogP contribution in [0, 0.1) is 0 Å². The average molecular weight is 294 g/mol. The number of carbonyl (C=O) groups is 1. The molecule has 0 saturated carbocycles. The first-order valence-electron chi connectivity index (χ1n) is 6.48. The summed E-state index contributed by atoms with van der Waals surface area (Å²) in [4.78, 5) is 36.1. The van der Waals surface area contributed by atoms with Crippen molar-refractivity contribution in [2.45, 2.75) is 0 Å². The molecule has 0 aromatic heterocycles. The summed E-state index contributed by atoms with van der Waals surface area (Å²) in [5.41, 5.74) is -1.19.